The van der Waals surface area contributed by atoms with E-state index < -0.39 is 5.97 Å². The lowest BCUT2D eigenvalue weighted by Gasteiger charge is -2.30. The second kappa shape index (κ2) is 4.93. The molecule has 1 amide bonds. The van der Waals surface area contributed by atoms with Crippen molar-refractivity contribution in [3.05, 3.63) is 12.2 Å². The molecule has 0 spiro atoms. The van der Waals surface area contributed by atoms with Crippen LogP contribution in [0.25, 0.3) is 0 Å². The van der Waals surface area contributed by atoms with Crippen molar-refractivity contribution in [2.24, 2.45) is 11.7 Å². The highest BCUT2D eigenvalue weighted by molar-refractivity contribution is 5.86. The van der Waals surface area contributed by atoms with Gasteiger partial charge in [0.1, 0.15) is 0 Å². The maximum atomic E-state index is 11.0. The molecule has 5 nitrogen and oxygen atoms in total. The molecule has 1 heterocycles. The van der Waals surface area contributed by atoms with Crippen LogP contribution in [-0.4, -0.2) is 41.5 Å². The Kier molecular flexibility index (Phi) is 3.85. The predicted octanol–water partition coefficient (Wildman–Crippen LogP) is -0.175. The number of primary amides is 1. The van der Waals surface area contributed by atoms with Crippen LogP contribution in [0, 0.1) is 5.92 Å². The Bertz CT molecular complexity index is 288. The fourth-order valence-corrected chi connectivity index (χ4v) is 1.77. The van der Waals surface area contributed by atoms with Gasteiger partial charge in [-0.3, -0.25) is 9.69 Å². The number of nitrogens with two attached hydrogens (primary N) is 1. The number of aliphatic carboxylic acids is 1. The molecule has 0 aromatic rings. The molecule has 1 aliphatic rings. The van der Waals surface area contributed by atoms with Crippen molar-refractivity contribution in [1.82, 2.24) is 4.90 Å². The summed E-state index contributed by atoms with van der Waals surface area (Å²) in [6.45, 7) is 5.11. The second-order valence-electron chi connectivity index (χ2n) is 3.89. The minimum Gasteiger partial charge on any atom is -0.478 e. The molecule has 1 rings (SSSR count). The summed E-state index contributed by atoms with van der Waals surface area (Å²) in [4.78, 5) is 23.5. The number of hydrogen-bond donors (Lipinski definition) is 2. The zero-order valence-corrected chi connectivity index (χ0v) is 8.61. The van der Waals surface area contributed by atoms with Crippen LogP contribution < -0.4 is 5.73 Å². The molecule has 84 valence electrons. The van der Waals surface area contributed by atoms with Crippen LogP contribution in [0.5, 0.6) is 0 Å². The summed E-state index contributed by atoms with van der Waals surface area (Å²) in [6, 6.07) is 0. The largest absolute Gasteiger partial charge is 0.478 e. The van der Waals surface area contributed by atoms with E-state index in [0.717, 1.165) is 19.4 Å². The minimum absolute atomic E-state index is 0.152. The Morgan fingerprint density at radius 3 is 2.73 bits per heavy atom. The lowest BCUT2D eigenvalue weighted by molar-refractivity contribution is -0.132. The molecule has 0 aliphatic carbocycles. The molecule has 15 heavy (non-hydrogen) atoms. The zero-order chi connectivity index (χ0) is 11.4. The van der Waals surface area contributed by atoms with Gasteiger partial charge in [-0.1, -0.05) is 6.58 Å². The summed E-state index contributed by atoms with van der Waals surface area (Å²) >= 11 is 0. The van der Waals surface area contributed by atoms with Crippen LogP contribution >= 0.6 is 0 Å². The third kappa shape index (κ3) is 3.36. The van der Waals surface area contributed by atoms with E-state index in [2.05, 4.69) is 6.58 Å². The maximum absolute atomic E-state index is 11.0. The first kappa shape index (κ1) is 11.7. The number of piperidine rings is 1. The highest BCUT2D eigenvalue weighted by Crippen LogP contribution is 2.16. The Labute approximate surface area is 88.5 Å². The fourth-order valence-electron chi connectivity index (χ4n) is 1.77. The van der Waals surface area contributed by atoms with Gasteiger partial charge < -0.3 is 10.8 Å². The number of carbonyl (C=O) groups is 2. The summed E-state index contributed by atoms with van der Waals surface area (Å²) in [5.41, 5.74) is 5.37. The Balaban J connectivity index is 2.46. The first-order valence-corrected chi connectivity index (χ1v) is 4.93. The van der Waals surface area contributed by atoms with E-state index in [1.54, 1.807) is 0 Å². The number of hydrogen-bond acceptors (Lipinski definition) is 3. The van der Waals surface area contributed by atoms with Crippen molar-refractivity contribution in [2.45, 2.75) is 12.8 Å². The molecule has 0 bridgehead atoms. The van der Waals surface area contributed by atoms with Gasteiger partial charge in [-0.15, -0.1) is 0 Å². The van der Waals surface area contributed by atoms with Crippen molar-refractivity contribution in [1.29, 1.82) is 0 Å². The molecular weight excluding hydrogens is 196 g/mol. The summed E-state index contributed by atoms with van der Waals surface area (Å²) in [5, 5.41) is 8.67. The summed E-state index contributed by atoms with van der Waals surface area (Å²) in [6.07, 6.45) is 1.67. The number of amides is 1. The van der Waals surface area contributed by atoms with Gasteiger partial charge in [-0.2, -0.15) is 0 Å². The SMILES string of the molecule is C=C(CN1CCCC(C(N)=O)C1)C(=O)O. The Morgan fingerprint density at radius 1 is 1.53 bits per heavy atom. The second-order valence-corrected chi connectivity index (χ2v) is 3.89. The van der Waals surface area contributed by atoms with Crippen molar-refractivity contribution < 1.29 is 14.7 Å². The first-order valence-electron chi connectivity index (χ1n) is 4.93. The molecule has 1 saturated heterocycles. The van der Waals surface area contributed by atoms with E-state index in [0.29, 0.717) is 13.1 Å². The van der Waals surface area contributed by atoms with Gasteiger partial charge in [0, 0.05) is 18.7 Å². The van der Waals surface area contributed by atoms with Crippen LogP contribution in [0.4, 0.5) is 0 Å². The van der Waals surface area contributed by atoms with Crippen LogP contribution in [0.1, 0.15) is 12.8 Å². The Morgan fingerprint density at radius 2 is 2.20 bits per heavy atom. The number of likely N-dealkylation sites (tertiary alicyclic amines) is 1. The van der Waals surface area contributed by atoms with Crippen molar-refractivity contribution >= 4 is 11.9 Å². The molecule has 0 aromatic carbocycles. The van der Waals surface area contributed by atoms with E-state index in [9.17, 15) is 9.59 Å². The average Bonchev–Trinajstić information content (AvgIpc) is 2.18. The highest BCUT2D eigenvalue weighted by atomic mass is 16.4. The van der Waals surface area contributed by atoms with Crippen molar-refractivity contribution in [3.8, 4) is 0 Å². The monoisotopic (exact) mass is 212 g/mol. The number of rotatable bonds is 4. The minimum atomic E-state index is -0.990. The number of carbonyl (C=O) groups excluding carboxylic acids is 1. The molecule has 0 radical (unpaired) electrons. The smallest absolute Gasteiger partial charge is 0.332 e. The third-order valence-electron chi connectivity index (χ3n) is 2.62. The van der Waals surface area contributed by atoms with Crippen LogP contribution in [0.2, 0.25) is 0 Å². The van der Waals surface area contributed by atoms with E-state index in [1.165, 1.54) is 0 Å². The Hall–Kier alpha value is -1.36. The van der Waals surface area contributed by atoms with Gasteiger partial charge in [-0.25, -0.2) is 4.79 Å². The fraction of sp³-hybridized carbons (Fsp3) is 0.600. The van der Waals surface area contributed by atoms with Crippen LogP contribution in [0.3, 0.4) is 0 Å². The molecular formula is C10H16N2O3. The zero-order valence-electron chi connectivity index (χ0n) is 8.61. The van der Waals surface area contributed by atoms with Gasteiger partial charge in [0.25, 0.3) is 0 Å². The highest BCUT2D eigenvalue weighted by Gasteiger charge is 2.24. The van der Waals surface area contributed by atoms with E-state index in [1.807, 2.05) is 4.90 Å². The predicted molar refractivity (Wildman–Crippen MR) is 55.1 cm³/mol. The molecule has 1 fully saturated rings. The third-order valence-corrected chi connectivity index (χ3v) is 2.62. The topological polar surface area (TPSA) is 83.6 Å². The molecule has 0 saturated carbocycles. The standard InChI is InChI=1S/C10H16N2O3/c1-7(10(14)15)5-12-4-2-3-8(6-12)9(11)13/h8H,1-6H2,(H2,11,13)(H,14,15). The first-order chi connectivity index (χ1) is 7.00. The lowest BCUT2D eigenvalue weighted by Crippen LogP contribution is -2.42. The molecule has 3 N–H and O–H groups in total. The summed E-state index contributed by atoms with van der Waals surface area (Å²) < 4.78 is 0. The summed E-state index contributed by atoms with van der Waals surface area (Å²) in [5.74, 6) is -1.45. The molecule has 1 atom stereocenters. The quantitative estimate of drug-likeness (QED) is 0.633. The van der Waals surface area contributed by atoms with Gasteiger partial charge in [0.05, 0.1) is 5.92 Å². The molecule has 1 unspecified atom stereocenters. The van der Waals surface area contributed by atoms with Crippen LogP contribution in [0.15, 0.2) is 12.2 Å². The molecule has 5 heteroatoms. The van der Waals surface area contributed by atoms with E-state index in [-0.39, 0.29) is 17.4 Å². The van der Waals surface area contributed by atoms with Crippen LogP contribution in [-0.2, 0) is 9.59 Å². The van der Waals surface area contributed by atoms with Gasteiger partial charge >= 0.3 is 5.97 Å². The van der Waals surface area contributed by atoms with Gasteiger partial charge in [0.2, 0.25) is 5.91 Å². The summed E-state index contributed by atoms with van der Waals surface area (Å²) in [7, 11) is 0. The number of carboxylic acid groups (broad SMARTS) is 1. The average molecular weight is 212 g/mol. The molecule has 1 aliphatic heterocycles. The lowest BCUT2D eigenvalue weighted by atomic mass is 9.97. The number of nitrogens with zero attached hydrogens (tertiary/aromatic N) is 1. The maximum Gasteiger partial charge on any atom is 0.332 e. The van der Waals surface area contributed by atoms with E-state index >= 15 is 0 Å². The van der Waals surface area contributed by atoms with Gasteiger partial charge in [-0.05, 0) is 19.4 Å². The van der Waals surface area contributed by atoms with Crippen molar-refractivity contribution in [3.63, 3.8) is 0 Å². The molecule has 0 aromatic heterocycles. The van der Waals surface area contributed by atoms with Gasteiger partial charge in [0.15, 0.2) is 0 Å². The van der Waals surface area contributed by atoms with Crippen molar-refractivity contribution in [2.75, 3.05) is 19.6 Å². The normalized spacial score (nSPS) is 22.3. The van der Waals surface area contributed by atoms with E-state index in [4.69, 9.17) is 10.8 Å². The number of carboxylic acids is 1.